The number of methoxy groups -OCH3 is 3. The molecular weight excluding hydrogens is 423 g/mol. The van der Waals surface area contributed by atoms with Crippen LogP contribution in [0.5, 0.6) is 11.5 Å². The third kappa shape index (κ3) is 3.70. The average molecular weight is 445 g/mol. The number of aryl methyl sites for hydroxylation is 1. The molecule has 0 unspecified atom stereocenters. The number of esters is 1. The quantitative estimate of drug-likeness (QED) is 0.608. The fourth-order valence-corrected chi connectivity index (χ4v) is 4.23. The van der Waals surface area contributed by atoms with Crippen LogP contribution in [0.1, 0.15) is 23.2 Å². The maximum atomic E-state index is 14.3. The lowest BCUT2D eigenvalue weighted by Gasteiger charge is -2.24. The fraction of sp³-hybridized carbons (Fsp3) is 0.292. The number of aromatic nitrogens is 1. The van der Waals surface area contributed by atoms with Crippen molar-refractivity contribution in [3.8, 4) is 22.8 Å². The van der Waals surface area contributed by atoms with Gasteiger partial charge in [-0.05, 0) is 48.3 Å². The van der Waals surface area contributed by atoms with Crippen LogP contribution in [-0.2, 0) is 28.7 Å². The van der Waals surface area contributed by atoms with E-state index in [9.17, 15) is 18.0 Å². The molecule has 0 atom stereocenters. The molecule has 32 heavy (non-hydrogen) atoms. The molecule has 0 saturated carbocycles. The number of carbonyl (C=O) groups excluding carboxylic acids is 1. The summed E-state index contributed by atoms with van der Waals surface area (Å²) in [6, 6.07) is 5.05. The number of hydrogen-bond acceptors (Lipinski definition) is 4. The number of ether oxygens (including phenoxy) is 3. The van der Waals surface area contributed by atoms with E-state index in [1.165, 1.54) is 38.0 Å². The highest BCUT2D eigenvalue weighted by atomic mass is 19.4. The van der Waals surface area contributed by atoms with Gasteiger partial charge in [0.05, 0.1) is 21.3 Å². The molecule has 5 nitrogen and oxygen atoms in total. The first kappa shape index (κ1) is 21.8. The number of carbonyl (C=O) groups is 1. The van der Waals surface area contributed by atoms with Crippen LogP contribution >= 0.6 is 0 Å². The van der Waals surface area contributed by atoms with E-state index in [1.807, 2.05) is 0 Å². The molecule has 0 amide bonds. The highest BCUT2D eigenvalue weighted by Crippen LogP contribution is 2.45. The number of alkyl halides is 3. The summed E-state index contributed by atoms with van der Waals surface area (Å²) in [4.78, 5) is 12.1. The lowest BCUT2D eigenvalue weighted by molar-refractivity contribution is -0.143. The van der Waals surface area contributed by atoms with Crippen molar-refractivity contribution in [1.82, 2.24) is 4.57 Å². The Morgan fingerprint density at radius 2 is 1.75 bits per heavy atom. The van der Waals surface area contributed by atoms with E-state index in [0.717, 1.165) is 5.56 Å². The molecule has 0 fully saturated rings. The highest BCUT2D eigenvalue weighted by Gasteiger charge is 2.40. The van der Waals surface area contributed by atoms with Gasteiger partial charge in [-0.15, -0.1) is 0 Å². The minimum Gasteiger partial charge on any atom is -0.493 e. The number of halogens is 3. The number of allylic oxidation sites excluding steroid dienone is 5. The van der Waals surface area contributed by atoms with E-state index in [4.69, 9.17) is 14.2 Å². The lowest BCUT2D eigenvalue weighted by Crippen LogP contribution is -2.20. The third-order valence-electron chi connectivity index (χ3n) is 5.69. The van der Waals surface area contributed by atoms with E-state index in [1.54, 1.807) is 30.4 Å². The molecule has 4 rings (SSSR count). The summed E-state index contributed by atoms with van der Waals surface area (Å²) in [5.41, 5.74) is 1.85. The SMILES string of the molecule is COC(=O)C1=CC(c2cc3n(c2C(F)(F)F)CCc2cc(OC)c(OC)cc2-3)=CC=CC1. The molecule has 2 aliphatic rings. The van der Waals surface area contributed by atoms with Gasteiger partial charge in [0, 0.05) is 28.9 Å². The van der Waals surface area contributed by atoms with Crippen molar-refractivity contribution >= 4 is 11.5 Å². The smallest absolute Gasteiger partial charge is 0.432 e. The van der Waals surface area contributed by atoms with Crippen LogP contribution in [0, 0.1) is 0 Å². The standard InChI is InChI=1S/C24H22F3NO4/c1-30-20-11-15-8-9-28-19(17(15)13-21(20)31-2)12-18(22(28)24(25,26)27)14-6-4-5-7-16(10-14)23(29)32-3/h4-6,10-13H,7-9H2,1-3H3. The fourth-order valence-electron chi connectivity index (χ4n) is 4.23. The zero-order valence-electron chi connectivity index (χ0n) is 17.9. The Labute approximate surface area is 183 Å². The molecule has 2 heterocycles. The maximum Gasteiger partial charge on any atom is 0.432 e. The van der Waals surface area contributed by atoms with Crippen molar-refractivity contribution in [2.24, 2.45) is 0 Å². The lowest BCUT2D eigenvalue weighted by atomic mass is 9.97. The van der Waals surface area contributed by atoms with Gasteiger partial charge >= 0.3 is 12.1 Å². The Morgan fingerprint density at radius 1 is 1.03 bits per heavy atom. The van der Waals surface area contributed by atoms with Crippen LogP contribution in [0.25, 0.3) is 16.8 Å². The molecule has 0 bridgehead atoms. The highest BCUT2D eigenvalue weighted by molar-refractivity contribution is 5.94. The molecule has 1 aromatic carbocycles. The van der Waals surface area contributed by atoms with Crippen molar-refractivity contribution < 1.29 is 32.2 Å². The number of nitrogens with zero attached hydrogens (tertiary/aromatic N) is 1. The van der Waals surface area contributed by atoms with E-state index in [0.29, 0.717) is 34.8 Å². The molecule has 0 N–H and O–H groups in total. The molecule has 8 heteroatoms. The molecule has 0 radical (unpaired) electrons. The maximum absolute atomic E-state index is 14.3. The summed E-state index contributed by atoms with van der Waals surface area (Å²) >= 11 is 0. The van der Waals surface area contributed by atoms with Crippen molar-refractivity contribution in [2.45, 2.75) is 25.6 Å². The number of benzene rings is 1. The Hall–Kier alpha value is -3.42. The van der Waals surface area contributed by atoms with Gasteiger partial charge in [0.1, 0.15) is 5.69 Å². The Morgan fingerprint density at radius 3 is 2.41 bits per heavy atom. The van der Waals surface area contributed by atoms with E-state index in [-0.39, 0.29) is 24.1 Å². The summed E-state index contributed by atoms with van der Waals surface area (Å²) in [6.45, 7) is 0.170. The van der Waals surface area contributed by atoms with Crippen LogP contribution < -0.4 is 9.47 Å². The summed E-state index contributed by atoms with van der Waals surface area (Å²) in [5.74, 6) is 0.410. The Kier molecular flexibility index (Phi) is 5.62. The van der Waals surface area contributed by atoms with E-state index >= 15 is 0 Å². The van der Waals surface area contributed by atoms with Crippen LogP contribution in [0.3, 0.4) is 0 Å². The second-order valence-electron chi connectivity index (χ2n) is 7.47. The van der Waals surface area contributed by atoms with Crippen molar-refractivity contribution in [3.05, 3.63) is 64.9 Å². The minimum absolute atomic E-state index is 0.0167. The van der Waals surface area contributed by atoms with Gasteiger partial charge in [0.15, 0.2) is 11.5 Å². The minimum atomic E-state index is -4.59. The second kappa shape index (κ2) is 8.26. The van der Waals surface area contributed by atoms with Crippen molar-refractivity contribution in [3.63, 3.8) is 0 Å². The second-order valence-corrected chi connectivity index (χ2v) is 7.47. The molecule has 0 spiro atoms. The average Bonchev–Trinajstić information content (AvgIpc) is 3.02. The van der Waals surface area contributed by atoms with Gasteiger partial charge in [0.25, 0.3) is 0 Å². The van der Waals surface area contributed by atoms with Gasteiger partial charge < -0.3 is 18.8 Å². The van der Waals surface area contributed by atoms with Gasteiger partial charge in [-0.25, -0.2) is 4.79 Å². The Balaban J connectivity index is 1.94. The van der Waals surface area contributed by atoms with Gasteiger partial charge in [-0.3, -0.25) is 0 Å². The number of fused-ring (bicyclic) bond motifs is 3. The summed E-state index contributed by atoms with van der Waals surface area (Å²) in [5, 5.41) is 0. The molecule has 168 valence electrons. The normalized spacial score (nSPS) is 15.2. The third-order valence-corrected chi connectivity index (χ3v) is 5.69. The van der Waals surface area contributed by atoms with Gasteiger partial charge in [-0.1, -0.05) is 18.2 Å². The van der Waals surface area contributed by atoms with Gasteiger partial charge in [-0.2, -0.15) is 13.2 Å². The molecular formula is C24H22F3NO4. The number of hydrogen-bond donors (Lipinski definition) is 0. The summed E-state index contributed by atoms with van der Waals surface area (Å²) in [7, 11) is 4.26. The first-order valence-electron chi connectivity index (χ1n) is 10.0. The topological polar surface area (TPSA) is 49.7 Å². The number of rotatable bonds is 4. The zero-order chi connectivity index (χ0) is 23.0. The van der Waals surface area contributed by atoms with E-state index < -0.39 is 17.8 Å². The molecule has 1 aliphatic heterocycles. The molecule has 0 saturated heterocycles. The predicted octanol–water partition coefficient (Wildman–Crippen LogP) is 5.19. The first-order valence-corrected chi connectivity index (χ1v) is 10.0. The van der Waals surface area contributed by atoms with Crippen molar-refractivity contribution in [2.75, 3.05) is 21.3 Å². The Bertz CT molecular complexity index is 1170. The predicted molar refractivity (Wildman–Crippen MR) is 114 cm³/mol. The zero-order valence-corrected chi connectivity index (χ0v) is 17.9. The largest absolute Gasteiger partial charge is 0.493 e. The molecule has 1 aliphatic carbocycles. The van der Waals surface area contributed by atoms with Crippen molar-refractivity contribution in [1.29, 1.82) is 0 Å². The van der Waals surface area contributed by atoms with Crippen LogP contribution in [0.15, 0.2) is 48.1 Å². The van der Waals surface area contributed by atoms with Crippen LogP contribution in [0.2, 0.25) is 0 Å². The molecule has 1 aromatic heterocycles. The summed E-state index contributed by atoms with van der Waals surface area (Å²) in [6.07, 6.45) is 2.53. The van der Waals surface area contributed by atoms with Crippen LogP contribution in [-0.4, -0.2) is 31.9 Å². The summed E-state index contributed by atoms with van der Waals surface area (Å²) < 4.78 is 59.6. The molecule has 2 aromatic rings. The van der Waals surface area contributed by atoms with E-state index in [2.05, 4.69) is 0 Å². The monoisotopic (exact) mass is 445 g/mol. The van der Waals surface area contributed by atoms with Crippen LogP contribution in [0.4, 0.5) is 13.2 Å². The first-order chi connectivity index (χ1) is 15.3. The van der Waals surface area contributed by atoms with Gasteiger partial charge in [0.2, 0.25) is 0 Å².